The normalized spacial score (nSPS) is 15.8. The monoisotopic (exact) mass is 412 g/mol. The summed E-state index contributed by atoms with van der Waals surface area (Å²) >= 11 is 3.77. The minimum absolute atomic E-state index is 0.147. The van der Waals surface area contributed by atoms with Gasteiger partial charge in [-0.15, -0.1) is 0 Å². The first-order chi connectivity index (χ1) is 11.8. The van der Waals surface area contributed by atoms with Crippen molar-refractivity contribution in [3.05, 3.63) is 27.2 Å². The number of carboxylic acid groups (broad SMARTS) is 2. The summed E-state index contributed by atoms with van der Waals surface area (Å²) in [6.45, 7) is 4.58. The molecule has 3 N–H and O–H groups in total. The maximum Gasteiger partial charge on any atom is 0.414 e. The molecule has 136 valence electrons. The first-order valence-corrected chi connectivity index (χ1v) is 8.90. The average molecular weight is 413 g/mol. The van der Waals surface area contributed by atoms with E-state index < -0.39 is 11.9 Å². The second-order valence-corrected chi connectivity index (χ2v) is 6.76. The zero-order chi connectivity index (χ0) is 18.6. The van der Waals surface area contributed by atoms with Crippen LogP contribution in [0.2, 0.25) is 0 Å². The zero-order valence-corrected chi connectivity index (χ0v) is 15.6. The van der Waals surface area contributed by atoms with Gasteiger partial charge in [0.1, 0.15) is 0 Å². The molecule has 1 aromatic carbocycles. The van der Waals surface area contributed by atoms with Crippen LogP contribution in [0.15, 0.2) is 10.5 Å². The van der Waals surface area contributed by atoms with Gasteiger partial charge in [0.25, 0.3) is 0 Å². The van der Waals surface area contributed by atoms with Gasteiger partial charge in [0.2, 0.25) is 5.91 Å². The van der Waals surface area contributed by atoms with Crippen molar-refractivity contribution in [2.24, 2.45) is 0 Å². The van der Waals surface area contributed by atoms with E-state index in [-0.39, 0.29) is 5.91 Å². The highest BCUT2D eigenvalue weighted by Crippen LogP contribution is 2.39. The maximum atomic E-state index is 11.8. The van der Waals surface area contributed by atoms with Crippen LogP contribution in [-0.4, -0.2) is 47.7 Å². The summed E-state index contributed by atoms with van der Waals surface area (Å²) in [4.78, 5) is 32.0. The van der Waals surface area contributed by atoms with Crippen molar-refractivity contribution >= 4 is 39.5 Å². The predicted octanol–water partition coefficient (Wildman–Crippen LogP) is 1.59. The van der Waals surface area contributed by atoms with Crippen molar-refractivity contribution in [2.45, 2.75) is 32.6 Å². The van der Waals surface area contributed by atoms with Crippen LogP contribution >= 0.6 is 15.9 Å². The molecule has 2 aliphatic heterocycles. The Hall–Kier alpha value is -1.93. The largest absolute Gasteiger partial charge is 0.473 e. The Balaban J connectivity index is 0.000000326. The molecule has 1 aromatic rings. The van der Waals surface area contributed by atoms with Crippen LogP contribution in [0.3, 0.4) is 0 Å². The van der Waals surface area contributed by atoms with E-state index in [0.29, 0.717) is 0 Å². The molecule has 8 heteroatoms. The SMILES string of the molecule is CC(=O)N1CCCc2cc3c(c(Br)c21)CCNCC3.O=C(O)C(=O)O. The number of halogens is 1. The number of amides is 1. The summed E-state index contributed by atoms with van der Waals surface area (Å²) in [5.41, 5.74) is 5.28. The van der Waals surface area contributed by atoms with Crippen LogP contribution in [0.4, 0.5) is 5.69 Å². The number of rotatable bonds is 0. The number of aryl methyl sites for hydroxylation is 1. The first-order valence-electron chi connectivity index (χ1n) is 8.11. The molecule has 0 fully saturated rings. The molecular weight excluding hydrogens is 392 g/mol. The molecule has 0 aromatic heterocycles. The van der Waals surface area contributed by atoms with Gasteiger partial charge in [-0.2, -0.15) is 0 Å². The van der Waals surface area contributed by atoms with E-state index in [4.69, 9.17) is 19.8 Å². The molecule has 1 amide bonds. The van der Waals surface area contributed by atoms with Gasteiger partial charge < -0.3 is 20.4 Å². The lowest BCUT2D eigenvalue weighted by atomic mass is 9.93. The van der Waals surface area contributed by atoms with Crippen LogP contribution in [0, 0.1) is 0 Å². The molecular formula is C17H21BrN2O5. The van der Waals surface area contributed by atoms with E-state index in [1.807, 2.05) is 4.90 Å². The van der Waals surface area contributed by atoms with Crippen molar-refractivity contribution < 1.29 is 24.6 Å². The Morgan fingerprint density at radius 3 is 2.32 bits per heavy atom. The Bertz CT molecular complexity index is 693. The number of hydrogen-bond donors (Lipinski definition) is 3. The van der Waals surface area contributed by atoms with E-state index in [1.54, 1.807) is 6.92 Å². The zero-order valence-electron chi connectivity index (χ0n) is 14.0. The smallest absolute Gasteiger partial charge is 0.414 e. The van der Waals surface area contributed by atoms with E-state index in [0.717, 1.165) is 55.5 Å². The van der Waals surface area contributed by atoms with Crippen LogP contribution in [0.25, 0.3) is 0 Å². The minimum Gasteiger partial charge on any atom is -0.473 e. The number of carbonyl (C=O) groups excluding carboxylic acids is 1. The average Bonchev–Trinajstić information content (AvgIpc) is 2.80. The Labute approximate surface area is 154 Å². The van der Waals surface area contributed by atoms with Gasteiger partial charge in [0.15, 0.2) is 0 Å². The number of benzene rings is 1. The lowest BCUT2D eigenvalue weighted by Crippen LogP contribution is -2.34. The standard InChI is InChI=1S/C15H19BrN2O.C2H2O4/c1-10(19)18-8-2-3-12-9-11-4-6-17-7-5-13(11)14(16)15(12)18;3-1(4)2(5)6/h9,17H,2-8H2,1H3;(H,3,4)(H,5,6). The molecule has 0 unspecified atom stereocenters. The highest BCUT2D eigenvalue weighted by molar-refractivity contribution is 9.10. The van der Waals surface area contributed by atoms with Gasteiger partial charge in [-0.05, 0) is 71.4 Å². The van der Waals surface area contributed by atoms with Gasteiger partial charge in [-0.3, -0.25) is 4.79 Å². The van der Waals surface area contributed by atoms with Gasteiger partial charge in [0.05, 0.1) is 5.69 Å². The lowest BCUT2D eigenvalue weighted by molar-refractivity contribution is -0.159. The summed E-state index contributed by atoms with van der Waals surface area (Å²) < 4.78 is 1.15. The Kier molecular flexibility index (Phi) is 6.55. The van der Waals surface area contributed by atoms with E-state index >= 15 is 0 Å². The number of aliphatic carboxylic acids is 2. The topological polar surface area (TPSA) is 107 Å². The number of fused-ring (bicyclic) bond motifs is 2. The summed E-state index contributed by atoms with van der Waals surface area (Å²) in [5, 5.41) is 18.2. The fourth-order valence-corrected chi connectivity index (χ4v) is 4.10. The van der Waals surface area contributed by atoms with E-state index in [9.17, 15) is 4.79 Å². The molecule has 2 heterocycles. The lowest BCUT2D eigenvalue weighted by Gasteiger charge is -2.31. The van der Waals surface area contributed by atoms with Crippen LogP contribution in [0.5, 0.6) is 0 Å². The maximum absolute atomic E-state index is 11.8. The third kappa shape index (κ3) is 4.58. The number of nitrogens with zero attached hydrogens (tertiary/aromatic N) is 1. The molecule has 25 heavy (non-hydrogen) atoms. The quantitative estimate of drug-likeness (QED) is 0.558. The molecule has 0 spiro atoms. The molecule has 2 aliphatic rings. The van der Waals surface area contributed by atoms with Crippen molar-refractivity contribution in [2.75, 3.05) is 24.5 Å². The number of anilines is 1. The van der Waals surface area contributed by atoms with E-state index in [1.165, 1.54) is 16.7 Å². The van der Waals surface area contributed by atoms with Crippen LogP contribution in [0.1, 0.15) is 30.0 Å². The second-order valence-electron chi connectivity index (χ2n) is 5.97. The summed E-state index contributed by atoms with van der Waals surface area (Å²) in [7, 11) is 0. The molecule has 0 saturated carbocycles. The Morgan fingerprint density at radius 2 is 1.72 bits per heavy atom. The molecule has 0 aliphatic carbocycles. The van der Waals surface area contributed by atoms with Gasteiger partial charge in [-0.25, -0.2) is 9.59 Å². The first kappa shape index (κ1) is 19.4. The van der Waals surface area contributed by atoms with Crippen molar-refractivity contribution in [1.29, 1.82) is 0 Å². The Morgan fingerprint density at radius 1 is 1.08 bits per heavy atom. The van der Waals surface area contributed by atoms with Crippen molar-refractivity contribution in [1.82, 2.24) is 5.32 Å². The molecule has 7 nitrogen and oxygen atoms in total. The summed E-state index contributed by atoms with van der Waals surface area (Å²) in [5.74, 6) is -3.50. The van der Waals surface area contributed by atoms with E-state index in [2.05, 4.69) is 27.3 Å². The van der Waals surface area contributed by atoms with Crippen LogP contribution in [-0.2, 0) is 33.6 Å². The minimum atomic E-state index is -1.82. The highest BCUT2D eigenvalue weighted by Gasteiger charge is 2.26. The third-order valence-electron chi connectivity index (χ3n) is 4.30. The van der Waals surface area contributed by atoms with Gasteiger partial charge in [-0.1, -0.05) is 6.07 Å². The van der Waals surface area contributed by atoms with Crippen molar-refractivity contribution in [3.8, 4) is 0 Å². The van der Waals surface area contributed by atoms with Crippen LogP contribution < -0.4 is 10.2 Å². The third-order valence-corrected chi connectivity index (χ3v) is 5.15. The molecule has 0 saturated heterocycles. The van der Waals surface area contributed by atoms with Crippen molar-refractivity contribution in [3.63, 3.8) is 0 Å². The van der Waals surface area contributed by atoms with Gasteiger partial charge in [0, 0.05) is 17.9 Å². The molecule has 0 bridgehead atoms. The number of nitrogens with one attached hydrogen (secondary N) is 1. The fourth-order valence-electron chi connectivity index (χ4n) is 3.18. The number of carboxylic acids is 2. The number of carbonyl (C=O) groups is 3. The summed E-state index contributed by atoms with van der Waals surface area (Å²) in [6, 6.07) is 2.33. The molecule has 3 rings (SSSR count). The summed E-state index contributed by atoms with van der Waals surface area (Å²) in [6.07, 6.45) is 4.27. The number of hydrogen-bond acceptors (Lipinski definition) is 4. The second kappa shape index (κ2) is 8.44. The van der Waals surface area contributed by atoms with Gasteiger partial charge >= 0.3 is 11.9 Å². The molecule has 0 atom stereocenters. The fraction of sp³-hybridized carbons (Fsp3) is 0.471. The predicted molar refractivity (Wildman–Crippen MR) is 96.0 cm³/mol. The highest BCUT2D eigenvalue weighted by atomic mass is 79.9. The molecule has 0 radical (unpaired) electrons.